The standard InChI is InChI=1S/C25H23N5O4/c1-14-7-10-20(18(11-14)24(26)32)30(2)25(33)17-9-8-16(23(34-3)22(17)29-13-31)15-5-4-6-19-21(15)28-12-27-19/h4-13H,1-3H3,(H2,26,32)(H,27,28)(H,29,31). The molecule has 4 N–H and O–H groups in total. The molecular formula is C25H23N5O4. The van der Waals surface area contributed by atoms with Crippen LogP contribution in [0.1, 0.15) is 26.3 Å². The highest BCUT2D eigenvalue weighted by atomic mass is 16.5. The third kappa shape index (κ3) is 3.83. The monoisotopic (exact) mass is 457 g/mol. The van der Waals surface area contributed by atoms with Gasteiger partial charge in [0.25, 0.3) is 11.8 Å². The number of benzene rings is 3. The van der Waals surface area contributed by atoms with Crippen molar-refractivity contribution in [2.45, 2.75) is 6.92 Å². The summed E-state index contributed by atoms with van der Waals surface area (Å²) < 4.78 is 5.66. The minimum atomic E-state index is -0.649. The molecule has 0 saturated carbocycles. The predicted molar refractivity (Wildman–Crippen MR) is 130 cm³/mol. The number of methoxy groups -OCH3 is 1. The van der Waals surface area contributed by atoms with Crippen molar-refractivity contribution in [3.63, 3.8) is 0 Å². The Hall–Kier alpha value is -4.66. The van der Waals surface area contributed by atoms with Crippen LogP contribution >= 0.6 is 0 Å². The second-order valence-electron chi connectivity index (χ2n) is 7.68. The number of anilines is 2. The molecule has 3 aromatic carbocycles. The second kappa shape index (κ2) is 9.07. The smallest absolute Gasteiger partial charge is 0.260 e. The molecule has 0 radical (unpaired) electrons. The van der Waals surface area contributed by atoms with Crippen molar-refractivity contribution in [2.24, 2.45) is 5.73 Å². The molecule has 0 saturated heterocycles. The Labute approximate surface area is 195 Å². The Morgan fingerprint density at radius 3 is 2.62 bits per heavy atom. The molecule has 4 rings (SSSR count). The molecule has 0 fully saturated rings. The number of nitrogens with zero attached hydrogens (tertiary/aromatic N) is 2. The summed E-state index contributed by atoms with van der Waals surface area (Å²) in [6, 6.07) is 14.1. The number of rotatable bonds is 7. The number of imidazole rings is 1. The average molecular weight is 457 g/mol. The molecule has 0 aliphatic carbocycles. The van der Waals surface area contributed by atoms with Gasteiger partial charge in [-0.2, -0.15) is 0 Å². The molecule has 9 heteroatoms. The molecule has 1 aromatic heterocycles. The summed E-state index contributed by atoms with van der Waals surface area (Å²) in [6.45, 7) is 1.83. The Morgan fingerprint density at radius 2 is 1.91 bits per heavy atom. The first-order chi connectivity index (χ1) is 16.4. The zero-order chi connectivity index (χ0) is 24.4. The van der Waals surface area contributed by atoms with E-state index in [2.05, 4.69) is 15.3 Å². The van der Waals surface area contributed by atoms with Gasteiger partial charge in [0.2, 0.25) is 6.41 Å². The maximum Gasteiger partial charge on any atom is 0.260 e. The quantitative estimate of drug-likeness (QED) is 0.366. The molecule has 4 aromatic rings. The maximum atomic E-state index is 13.5. The minimum Gasteiger partial charge on any atom is -0.494 e. The number of aromatic amines is 1. The summed E-state index contributed by atoms with van der Waals surface area (Å²) in [5, 5.41) is 2.61. The average Bonchev–Trinajstić information content (AvgIpc) is 3.32. The van der Waals surface area contributed by atoms with E-state index in [1.807, 2.05) is 25.1 Å². The van der Waals surface area contributed by atoms with Crippen LogP contribution in [0.2, 0.25) is 0 Å². The van der Waals surface area contributed by atoms with Crippen LogP contribution in [-0.4, -0.2) is 42.3 Å². The van der Waals surface area contributed by atoms with Crippen molar-refractivity contribution in [3.05, 3.63) is 71.5 Å². The highest BCUT2D eigenvalue weighted by Gasteiger charge is 2.25. The summed E-state index contributed by atoms with van der Waals surface area (Å²) in [7, 11) is 3.00. The number of fused-ring (bicyclic) bond motifs is 1. The van der Waals surface area contributed by atoms with Gasteiger partial charge in [0.15, 0.2) is 5.75 Å². The summed E-state index contributed by atoms with van der Waals surface area (Å²) >= 11 is 0. The molecule has 0 spiro atoms. The number of nitrogens with one attached hydrogen (secondary N) is 2. The third-order valence-electron chi connectivity index (χ3n) is 5.62. The number of H-pyrrole nitrogens is 1. The summed E-state index contributed by atoms with van der Waals surface area (Å²) in [6.07, 6.45) is 2.07. The lowest BCUT2D eigenvalue weighted by Crippen LogP contribution is -2.29. The zero-order valence-electron chi connectivity index (χ0n) is 18.9. The number of para-hydroxylation sites is 1. The van der Waals surface area contributed by atoms with Gasteiger partial charge in [-0.05, 0) is 37.3 Å². The second-order valence-corrected chi connectivity index (χ2v) is 7.68. The van der Waals surface area contributed by atoms with E-state index in [1.165, 1.54) is 19.1 Å². The predicted octanol–water partition coefficient (Wildman–Crippen LogP) is 3.49. The number of ether oxygens (including phenoxy) is 1. The Morgan fingerprint density at radius 1 is 1.12 bits per heavy atom. The van der Waals surface area contributed by atoms with Gasteiger partial charge in [-0.25, -0.2) is 4.98 Å². The van der Waals surface area contributed by atoms with Crippen LogP contribution in [0.25, 0.3) is 22.2 Å². The number of carbonyl (C=O) groups excluding carboxylic acids is 3. The molecule has 172 valence electrons. The molecule has 9 nitrogen and oxygen atoms in total. The number of carbonyl (C=O) groups is 3. The number of aryl methyl sites for hydroxylation is 1. The minimum absolute atomic E-state index is 0.181. The molecule has 0 bridgehead atoms. The molecule has 0 unspecified atom stereocenters. The van der Waals surface area contributed by atoms with Crippen LogP contribution in [0, 0.1) is 6.92 Å². The number of aromatic nitrogens is 2. The van der Waals surface area contributed by atoms with E-state index < -0.39 is 11.8 Å². The number of hydrogen-bond donors (Lipinski definition) is 3. The van der Waals surface area contributed by atoms with Crippen LogP contribution in [0.5, 0.6) is 5.75 Å². The van der Waals surface area contributed by atoms with E-state index in [0.717, 1.165) is 22.2 Å². The Balaban J connectivity index is 1.86. The van der Waals surface area contributed by atoms with Crippen molar-refractivity contribution >= 4 is 40.6 Å². The van der Waals surface area contributed by atoms with E-state index >= 15 is 0 Å². The van der Waals surface area contributed by atoms with Crippen LogP contribution in [0.4, 0.5) is 11.4 Å². The summed E-state index contributed by atoms with van der Waals surface area (Å²) in [5.41, 5.74) is 10.3. The first-order valence-corrected chi connectivity index (χ1v) is 10.4. The molecule has 34 heavy (non-hydrogen) atoms. The highest BCUT2D eigenvalue weighted by molar-refractivity contribution is 6.14. The van der Waals surface area contributed by atoms with E-state index in [-0.39, 0.29) is 16.8 Å². The molecule has 1 heterocycles. The highest BCUT2D eigenvalue weighted by Crippen LogP contribution is 2.41. The van der Waals surface area contributed by atoms with Crippen LogP contribution in [0.15, 0.2) is 54.9 Å². The van der Waals surface area contributed by atoms with Crippen LogP contribution < -0.4 is 20.7 Å². The molecule has 0 aliphatic heterocycles. The normalized spacial score (nSPS) is 10.7. The summed E-state index contributed by atoms with van der Waals surface area (Å²) in [4.78, 5) is 45.8. The van der Waals surface area contributed by atoms with Crippen molar-refractivity contribution in [2.75, 3.05) is 24.4 Å². The van der Waals surface area contributed by atoms with Gasteiger partial charge in [0.05, 0.1) is 47.0 Å². The fraction of sp³-hybridized carbons (Fsp3) is 0.120. The van der Waals surface area contributed by atoms with Crippen molar-refractivity contribution in [3.8, 4) is 16.9 Å². The maximum absolute atomic E-state index is 13.5. The molecular weight excluding hydrogens is 434 g/mol. The van der Waals surface area contributed by atoms with Crippen LogP contribution in [-0.2, 0) is 4.79 Å². The zero-order valence-corrected chi connectivity index (χ0v) is 18.9. The van der Waals surface area contributed by atoms with Gasteiger partial charge < -0.3 is 25.7 Å². The van der Waals surface area contributed by atoms with Crippen molar-refractivity contribution < 1.29 is 19.1 Å². The SMILES string of the molecule is COc1c(-c2cccc3[nH]cnc23)ccc(C(=O)N(C)c2ccc(C)cc2C(N)=O)c1NC=O. The van der Waals surface area contributed by atoms with Gasteiger partial charge in [0, 0.05) is 18.2 Å². The number of hydrogen-bond acceptors (Lipinski definition) is 5. The number of primary amides is 1. The third-order valence-corrected chi connectivity index (χ3v) is 5.62. The Kier molecular flexibility index (Phi) is 6.01. The first-order valence-electron chi connectivity index (χ1n) is 10.4. The van der Waals surface area contributed by atoms with E-state index in [1.54, 1.807) is 36.7 Å². The van der Waals surface area contributed by atoms with Crippen molar-refractivity contribution in [1.29, 1.82) is 0 Å². The number of nitrogens with two attached hydrogens (primary N) is 1. The number of amides is 3. The van der Waals surface area contributed by atoms with Gasteiger partial charge in [-0.3, -0.25) is 14.4 Å². The fourth-order valence-corrected chi connectivity index (χ4v) is 4.00. The topological polar surface area (TPSA) is 130 Å². The van der Waals surface area contributed by atoms with Crippen molar-refractivity contribution in [1.82, 2.24) is 9.97 Å². The molecule has 0 aliphatic rings. The first kappa shape index (κ1) is 22.5. The van der Waals surface area contributed by atoms with Gasteiger partial charge in [0.1, 0.15) is 0 Å². The largest absolute Gasteiger partial charge is 0.494 e. The van der Waals surface area contributed by atoms with E-state index in [0.29, 0.717) is 23.4 Å². The lowest BCUT2D eigenvalue weighted by Gasteiger charge is -2.23. The summed E-state index contributed by atoms with van der Waals surface area (Å²) in [5.74, 6) is -0.802. The van der Waals surface area contributed by atoms with Crippen LogP contribution in [0.3, 0.4) is 0 Å². The lowest BCUT2D eigenvalue weighted by atomic mass is 9.98. The van der Waals surface area contributed by atoms with Gasteiger partial charge in [-0.15, -0.1) is 0 Å². The van der Waals surface area contributed by atoms with Gasteiger partial charge in [-0.1, -0.05) is 23.8 Å². The fourth-order valence-electron chi connectivity index (χ4n) is 4.00. The lowest BCUT2D eigenvalue weighted by molar-refractivity contribution is -0.105. The van der Waals surface area contributed by atoms with E-state index in [9.17, 15) is 14.4 Å². The molecule has 0 atom stereocenters. The van der Waals surface area contributed by atoms with Gasteiger partial charge >= 0.3 is 0 Å². The molecule has 3 amide bonds. The van der Waals surface area contributed by atoms with E-state index in [4.69, 9.17) is 10.5 Å². The Bertz CT molecular complexity index is 1430.